The zero-order valence-corrected chi connectivity index (χ0v) is 13.0. The molecule has 20 heavy (non-hydrogen) atoms. The first-order valence-corrected chi connectivity index (χ1v) is 8.24. The van der Waals surface area contributed by atoms with E-state index in [1.807, 2.05) is 20.8 Å². The summed E-state index contributed by atoms with van der Waals surface area (Å²) in [5.74, 6) is 2.19. The van der Waals surface area contributed by atoms with Gasteiger partial charge >= 0.3 is 5.97 Å². The number of aliphatic hydroxyl groups is 1. The van der Waals surface area contributed by atoms with E-state index in [9.17, 15) is 9.90 Å². The molecule has 0 radical (unpaired) electrons. The molecule has 3 heteroatoms. The van der Waals surface area contributed by atoms with Crippen LogP contribution in [0.15, 0.2) is 0 Å². The molecule has 4 fully saturated rings. The van der Waals surface area contributed by atoms with Crippen molar-refractivity contribution in [3.05, 3.63) is 0 Å². The van der Waals surface area contributed by atoms with Gasteiger partial charge in [0.05, 0.1) is 5.41 Å². The number of hydrogen-bond donors (Lipinski definition) is 1. The molecule has 0 heterocycles. The van der Waals surface area contributed by atoms with Crippen molar-refractivity contribution < 1.29 is 14.6 Å². The van der Waals surface area contributed by atoms with E-state index < -0.39 is 11.0 Å². The highest BCUT2D eigenvalue weighted by atomic mass is 16.5. The molecule has 3 nitrogen and oxygen atoms in total. The van der Waals surface area contributed by atoms with E-state index in [1.54, 1.807) is 0 Å². The van der Waals surface area contributed by atoms with Crippen LogP contribution in [-0.4, -0.2) is 23.3 Å². The Labute approximate surface area is 122 Å². The van der Waals surface area contributed by atoms with Gasteiger partial charge in [0.1, 0.15) is 12.2 Å². The predicted molar refractivity (Wildman–Crippen MR) is 77.0 cm³/mol. The summed E-state index contributed by atoms with van der Waals surface area (Å²) in [6.07, 6.45) is 6.68. The smallest absolute Gasteiger partial charge is 0.311 e. The maximum Gasteiger partial charge on any atom is 0.311 e. The molecule has 4 saturated carbocycles. The van der Waals surface area contributed by atoms with Crippen molar-refractivity contribution in [2.45, 2.75) is 64.9 Å². The third-order valence-corrected chi connectivity index (χ3v) is 6.42. The maximum atomic E-state index is 12.1. The summed E-state index contributed by atoms with van der Waals surface area (Å²) in [4.78, 5) is 12.1. The lowest BCUT2D eigenvalue weighted by Crippen LogP contribution is -2.60. The summed E-state index contributed by atoms with van der Waals surface area (Å²) in [5, 5.41) is 11.1. The first kappa shape index (κ1) is 14.4. The molecule has 0 amide bonds. The monoisotopic (exact) mass is 280 g/mol. The van der Waals surface area contributed by atoms with E-state index in [-0.39, 0.29) is 12.6 Å². The SMILES string of the molecule is CCC(C)(C)C(=O)OCC1(O)C2CC3CC(C2)CC1C3. The lowest BCUT2D eigenvalue weighted by Gasteiger charge is -2.58. The molecular weight excluding hydrogens is 252 g/mol. The zero-order chi connectivity index (χ0) is 14.5. The Balaban J connectivity index is 1.66. The molecule has 1 N–H and O–H groups in total. The molecule has 0 aromatic carbocycles. The molecule has 4 bridgehead atoms. The van der Waals surface area contributed by atoms with Crippen molar-refractivity contribution in [3.8, 4) is 0 Å². The molecule has 4 aliphatic carbocycles. The lowest BCUT2D eigenvalue weighted by molar-refractivity contribution is -0.206. The van der Waals surface area contributed by atoms with Gasteiger partial charge < -0.3 is 9.84 Å². The Morgan fingerprint density at radius 2 is 1.65 bits per heavy atom. The van der Waals surface area contributed by atoms with Crippen LogP contribution in [0, 0.1) is 29.1 Å². The van der Waals surface area contributed by atoms with Crippen LogP contribution < -0.4 is 0 Å². The molecular formula is C17H28O3. The standard InChI is InChI=1S/C17H28O3/c1-4-16(2,3)15(18)20-10-17(19)13-6-11-5-12(8-13)9-14(17)7-11/h11-14,19H,4-10H2,1-3H3. The molecule has 0 aromatic rings. The molecule has 4 aliphatic rings. The second-order valence-corrected chi connectivity index (χ2v) is 8.11. The van der Waals surface area contributed by atoms with Gasteiger partial charge in [-0.25, -0.2) is 0 Å². The molecule has 0 saturated heterocycles. The Hall–Kier alpha value is -0.570. The Kier molecular flexibility index (Phi) is 3.39. The number of esters is 1. The van der Waals surface area contributed by atoms with E-state index >= 15 is 0 Å². The highest BCUT2D eigenvalue weighted by Gasteiger charge is 2.57. The van der Waals surface area contributed by atoms with Crippen molar-refractivity contribution in [2.24, 2.45) is 29.1 Å². The van der Waals surface area contributed by atoms with Gasteiger partial charge in [-0.1, -0.05) is 6.92 Å². The fourth-order valence-corrected chi connectivity index (χ4v) is 4.76. The summed E-state index contributed by atoms with van der Waals surface area (Å²) in [5.41, 5.74) is -1.19. The van der Waals surface area contributed by atoms with Gasteiger partial charge in [-0.15, -0.1) is 0 Å². The number of carbonyl (C=O) groups excluding carboxylic acids is 1. The second kappa shape index (κ2) is 4.72. The van der Waals surface area contributed by atoms with Crippen LogP contribution in [0.1, 0.15) is 59.3 Å². The van der Waals surface area contributed by atoms with Crippen LogP contribution in [0.4, 0.5) is 0 Å². The fraction of sp³-hybridized carbons (Fsp3) is 0.941. The average Bonchev–Trinajstić information content (AvgIpc) is 2.41. The van der Waals surface area contributed by atoms with Crippen molar-refractivity contribution in [2.75, 3.05) is 6.61 Å². The second-order valence-electron chi connectivity index (χ2n) is 8.11. The van der Waals surface area contributed by atoms with Crippen LogP contribution in [0.25, 0.3) is 0 Å². The summed E-state index contributed by atoms with van der Waals surface area (Å²) < 4.78 is 5.54. The van der Waals surface area contributed by atoms with Crippen molar-refractivity contribution >= 4 is 5.97 Å². The summed E-state index contributed by atoms with van der Waals surface area (Å²) in [6.45, 7) is 6.04. The van der Waals surface area contributed by atoms with Gasteiger partial charge in [-0.2, -0.15) is 0 Å². The van der Waals surface area contributed by atoms with Gasteiger partial charge in [0.25, 0.3) is 0 Å². The normalized spacial score (nSPS) is 42.8. The van der Waals surface area contributed by atoms with Crippen LogP contribution in [0.5, 0.6) is 0 Å². The van der Waals surface area contributed by atoms with Gasteiger partial charge in [0.15, 0.2) is 0 Å². The first-order chi connectivity index (χ1) is 9.35. The van der Waals surface area contributed by atoms with Crippen LogP contribution in [-0.2, 0) is 9.53 Å². The third-order valence-electron chi connectivity index (χ3n) is 6.42. The molecule has 0 atom stereocenters. The number of carbonyl (C=O) groups is 1. The lowest BCUT2D eigenvalue weighted by atomic mass is 9.50. The molecule has 0 unspecified atom stereocenters. The summed E-state index contributed by atoms with van der Waals surface area (Å²) in [6, 6.07) is 0. The highest BCUT2D eigenvalue weighted by molar-refractivity contribution is 5.75. The van der Waals surface area contributed by atoms with Gasteiger partial charge in [-0.05, 0) is 76.0 Å². The van der Waals surface area contributed by atoms with E-state index in [2.05, 4.69) is 0 Å². The minimum absolute atomic E-state index is 0.165. The minimum atomic E-state index is -0.743. The Bertz CT molecular complexity index is 371. The fourth-order valence-electron chi connectivity index (χ4n) is 4.76. The van der Waals surface area contributed by atoms with Gasteiger partial charge in [0, 0.05) is 0 Å². The Morgan fingerprint density at radius 3 is 2.10 bits per heavy atom. The third kappa shape index (κ3) is 2.18. The quantitative estimate of drug-likeness (QED) is 0.805. The predicted octanol–water partition coefficient (Wildman–Crippen LogP) is 3.15. The van der Waals surface area contributed by atoms with Gasteiger partial charge in [0.2, 0.25) is 0 Å². The van der Waals surface area contributed by atoms with Gasteiger partial charge in [-0.3, -0.25) is 4.79 Å². The van der Waals surface area contributed by atoms with Crippen LogP contribution >= 0.6 is 0 Å². The minimum Gasteiger partial charge on any atom is -0.462 e. The first-order valence-electron chi connectivity index (χ1n) is 8.24. The maximum absolute atomic E-state index is 12.1. The average molecular weight is 280 g/mol. The van der Waals surface area contributed by atoms with Crippen LogP contribution in [0.2, 0.25) is 0 Å². The molecule has 0 aliphatic heterocycles. The molecule has 0 spiro atoms. The highest BCUT2D eigenvalue weighted by Crippen LogP contribution is 2.58. The Morgan fingerprint density at radius 1 is 1.15 bits per heavy atom. The topological polar surface area (TPSA) is 46.5 Å². The van der Waals surface area contributed by atoms with Crippen molar-refractivity contribution in [3.63, 3.8) is 0 Å². The summed E-state index contributed by atoms with van der Waals surface area (Å²) >= 11 is 0. The van der Waals surface area contributed by atoms with E-state index in [4.69, 9.17) is 4.74 Å². The number of hydrogen-bond acceptors (Lipinski definition) is 3. The molecule has 0 aromatic heterocycles. The number of ether oxygens (including phenoxy) is 1. The van der Waals surface area contributed by atoms with E-state index in [1.165, 1.54) is 6.42 Å². The molecule has 114 valence electrons. The number of rotatable bonds is 4. The van der Waals surface area contributed by atoms with E-state index in [0.717, 1.165) is 43.9 Å². The van der Waals surface area contributed by atoms with Crippen molar-refractivity contribution in [1.82, 2.24) is 0 Å². The van der Waals surface area contributed by atoms with Crippen LogP contribution in [0.3, 0.4) is 0 Å². The zero-order valence-electron chi connectivity index (χ0n) is 13.0. The molecule has 4 rings (SSSR count). The van der Waals surface area contributed by atoms with E-state index in [0.29, 0.717) is 11.8 Å². The van der Waals surface area contributed by atoms with Crippen molar-refractivity contribution in [1.29, 1.82) is 0 Å². The summed E-state index contributed by atoms with van der Waals surface area (Å²) in [7, 11) is 0. The largest absolute Gasteiger partial charge is 0.462 e.